The summed E-state index contributed by atoms with van der Waals surface area (Å²) in [5, 5.41) is 0. The van der Waals surface area contributed by atoms with Gasteiger partial charge in [-0.2, -0.15) is 0 Å². The summed E-state index contributed by atoms with van der Waals surface area (Å²) in [6.07, 6.45) is 0. The topological polar surface area (TPSA) is 57.9 Å². The molecule has 1 saturated heterocycles. The highest BCUT2D eigenvalue weighted by atomic mass is 16.7. The van der Waals surface area contributed by atoms with Gasteiger partial charge in [0.25, 0.3) is 0 Å². The molecule has 0 spiro atoms. The molecule has 1 aromatic rings. The minimum Gasteiger partial charge on any atom is -0.463 e. The van der Waals surface area contributed by atoms with Crippen molar-refractivity contribution in [2.75, 3.05) is 7.11 Å². The summed E-state index contributed by atoms with van der Waals surface area (Å²) < 4.78 is 36.8. The van der Waals surface area contributed by atoms with Crippen LogP contribution in [0.15, 0.2) is 16.5 Å². The van der Waals surface area contributed by atoms with Gasteiger partial charge < -0.3 is 18.5 Å². The highest BCUT2D eigenvalue weighted by molar-refractivity contribution is 6.60. The average Bonchev–Trinajstić information content (AvgIpc) is 2.74. The van der Waals surface area contributed by atoms with Crippen LogP contribution in [-0.2, 0) is 14.0 Å². The van der Waals surface area contributed by atoms with Crippen LogP contribution < -0.4 is 5.66 Å². The maximum absolute atomic E-state index is 11.5. The third kappa shape index (κ3) is 2.06. The monoisotopic (exact) mass is 254 g/mol. The lowest BCUT2D eigenvalue weighted by Gasteiger charge is -2.32. The molecule has 18 heavy (non-hydrogen) atoms. The zero-order valence-corrected chi connectivity index (χ0v) is 11.1. The van der Waals surface area contributed by atoms with Crippen LogP contribution in [0.1, 0.15) is 41.0 Å². The Balaban J connectivity index is 2.39. The normalized spacial score (nSPS) is 22.6. The lowest BCUT2D eigenvalue weighted by molar-refractivity contribution is 0.00578. The number of ether oxygens (including phenoxy) is 1. The first kappa shape index (κ1) is 10.6. The Morgan fingerprint density at radius 1 is 1.28 bits per heavy atom. The van der Waals surface area contributed by atoms with Crippen LogP contribution >= 0.6 is 0 Å². The van der Waals surface area contributed by atoms with E-state index in [1.54, 1.807) is 0 Å². The van der Waals surface area contributed by atoms with Gasteiger partial charge in [-0.05, 0) is 39.8 Å². The van der Waals surface area contributed by atoms with Gasteiger partial charge in [0, 0.05) is 0 Å². The molecule has 1 aromatic heterocycles. The first-order valence-electron chi connectivity index (χ1n) is 6.64. The van der Waals surface area contributed by atoms with Crippen molar-refractivity contribution in [3.8, 4) is 0 Å². The molecule has 0 aliphatic carbocycles. The Morgan fingerprint density at radius 3 is 2.33 bits per heavy atom. The molecule has 0 amide bonds. The molecule has 0 saturated carbocycles. The van der Waals surface area contributed by atoms with Gasteiger partial charge in [-0.15, -0.1) is 0 Å². The lowest BCUT2D eigenvalue weighted by atomic mass is 9.86. The molecule has 2 heterocycles. The predicted molar refractivity (Wildman–Crippen MR) is 65.8 cm³/mol. The fourth-order valence-electron chi connectivity index (χ4n) is 1.52. The van der Waals surface area contributed by atoms with E-state index in [9.17, 15) is 4.79 Å². The maximum Gasteiger partial charge on any atom is 0.532 e. The van der Waals surface area contributed by atoms with Crippen LogP contribution in [0.2, 0.25) is 0 Å². The molecule has 5 nitrogen and oxygen atoms in total. The summed E-state index contributed by atoms with van der Waals surface area (Å²) in [4.78, 5) is 11.5. The van der Waals surface area contributed by atoms with E-state index in [1.807, 2.05) is 27.7 Å². The molecule has 1 aliphatic rings. The van der Waals surface area contributed by atoms with Crippen molar-refractivity contribution in [1.29, 1.82) is 0 Å². The van der Waals surface area contributed by atoms with Gasteiger partial charge in [0.05, 0.1) is 21.1 Å². The van der Waals surface area contributed by atoms with Crippen LogP contribution in [0.3, 0.4) is 0 Å². The number of furan rings is 1. The van der Waals surface area contributed by atoms with E-state index in [4.69, 9.17) is 16.5 Å². The van der Waals surface area contributed by atoms with Crippen molar-refractivity contribution in [3.05, 3.63) is 17.8 Å². The van der Waals surface area contributed by atoms with Crippen molar-refractivity contribution in [2.45, 2.75) is 38.9 Å². The number of esters is 1. The third-order valence-electron chi connectivity index (χ3n) is 3.35. The van der Waals surface area contributed by atoms with Gasteiger partial charge >= 0.3 is 13.1 Å². The predicted octanol–water partition coefficient (Wildman–Crippen LogP) is 1.37. The number of hydrogen-bond donors (Lipinski definition) is 0. The van der Waals surface area contributed by atoms with Crippen molar-refractivity contribution in [2.24, 2.45) is 0 Å². The van der Waals surface area contributed by atoms with E-state index < -0.39 is 24.3 Å². The molecular weight excluding hydrogens is 235 g/mol. The fourth-order valence-corrected chi connectivity index (χ4v) is 1.52. The Labute approximate surface area is 109 Å². The number of carbonyl (C=O) groups excluding carboxylic acids is 1. The lowest BCUT2D eigenvalue weighted by Crippen LogP contribution is -2.41. The molecule has 0 unspecified atom stereocenters. The largest absolute Gasteiger partial charge is 0.532 e. The van der Waals surface area contributed by atoms with Crippen LogP contribution in [0, 0.1) is 0 Å². The second kappa shape index (κ2) is 4.14. The van der Waals surface area contributed by atoms with Gasteiger partial charge in [-0.1, -0.05) is 0 Å². The zero-order chi connectivity index (χ0) is 15.3. The quantitative estimate of drug-likeness (QED) is 0.589. The third-order valence-corrected chi connectivity index (χ3v) is 3.35. The van der Waals surface area contributed by atoms with E-state index in [0.717, 1.165) is 0 Å². The molecule has 98 valence electrons. The summed E-state index contributed by atoms with van der Waals surface area (Å²) in [6.45, 7) is 7.45. The molecule has 0 N–H and O–H groups in total. The minimum absolute atomic E-state index is 0.00838. The molecule has 1 aliphatic heterocycles. The van der Waals surface area contributed by atoms with Crippen LogP contribution in [-0.4, -0.2) is 31.4 Å². The molecule has 0 atom stereocenters. The molecule has 2 rings (SSSR count). The Kier molecular flexibility index (Phi) is 2.45. The van der Waals surface area contributed by atoms with E-state index in [-0.39, 0.29) is 23.5 Å². The summed E-state index contributed by atoms with van der Waals surface area (Å²) in [6, 6.07) is -0.564. The number of methoxy groups -OCH3 is 1. The summed E-state index contributed by atoms with van der Waals surface area (Å²) in [5.74, 6) is -1.12. The molecule has 0 radical (unpaired) electrons. The number of hydrogen-bond acceptors (Lipinski definition) is 5. The Morgan fingerprint density at radius 2 is 1.83 bits per heavy atom. The summed E-state index contributed by atoms with van der Waals surface area (Å²) >= 11 is 0. The van der Waals surface area contributed by atoms with Gasteiger partial charge in [-0.3, -0.25) is 0 Å². The van der Waals surface area contributed by atoms with E-state index in [1.165, 1.54) is 7.11 Å². The van der Waals surface area contributed by atoms with Crippen molar-refractivity contribution >= 4 is 18.7 Å². The van der Waals surface area contributed by atoms with E-state index in [0.29, 0.717) is 0 Å². The zero-order valence-electron chi connectivity index (χ0n) is 13.1. The molecule has 0 bridgehead atoms. The van der Waals surface area contributed by atoms with E-state index >= 15 is 0 Å². The molecule has 1 fully saturated rings. The highest BCUT2D eigenvalue weighted by Gasteiger charge is 2.53. The van der Waals surface area contributed by atoms with Crippen molar-refractivity contribution in [3.63, 3.8) is 0 Å². The molecule has 0 aromatic carbocycles. The first-order valence-corrected chi connectivity index (χ1v) is 5.64. The smallest absolute Gasteiger partial charge is 0.463 e. The first-order chi connectivity index (χ1) is 9.10. The van der Waals surface area contributed by atoms with Crippen LogP contribution in [0.4, 0.5) is 0 Å². The molecular formula is C12H17BO5. The Hall–Kier alpha value is -1.27. The van der Waals surface area contributed by atoms with Gasteiger partial charge in [0.15, 0.2) is 0 Å². The van der Waals surface area contributed by atoms with Crippen LogP contribution in [0.5, 0.6) is 0 Å². The second-order valence-electron chi connectivity index (χ2n) is 5.13. The van der Waals surface area contributed by atoms with Gasteiger partial charge in [0.1, 0.15) is 5.66 Å². The van der Waals surface area contributed by atoms with Crippen LogP contribution in [0.25, 0.3) is 0 Å². The summed E-state index contributed by atoms with van der Waals surface area (Å²) in [5.41, 5.74) is -1.18. The average molecular weight is 254 g/mol. The second-order valence-corrected chi connectivity index (χ2v) is 5.13. The number of rotatable bonds is 2. The van der Waals surface area contributed by atoms with E-state index in [2.05, 4.69) is 4.74 Å². The Bertz CT molecular complexity index is 536. The molecule has 6 heteroatoms. The minimum atomic E-state index is -0.921. The number of carbonyl (C=O) groups is 1. The SMILES string of the molecule is [2H]c1c(B2OC(C)(C)C(C)(C)O2)oc(C(=O)OC)c1[2H]. The van der Waals surface area contributed by atoms with Crippen molar-refractivity contribution in [1.82, 2.24) is 0 Å². The highest BCUT2D eigenvalue weighted by Crippen LogP contribution is 2.36. The van der Waals surface area contributed by atoms with Crippen molar-refractivity contribution < 1.29 is 26.0 Å². The standard InChI is InChI=1S/C12H17BO5/c1-11(2)12(3,4)18-13(17-11)9-7-6-8(16-9)10(14)15-5/h6-7H,1-5H3/i6D,7D. The van der Waals surface area contributed by atoms with Gasteiger partial charge in [0.2, 0.25) is 5.76 Å². The van der Waals surface area contributed by atoms with Gasteiger partial charge in [-0.25, -0.2) is 4.79 Å². The maximum atomic E-state index is 11.5. The fraction of sp³-hybridized carbons (Fsp3) is 0.583. The summed E-state index contributed by atoms with van der Waals surface area (Å²) in [7, 11) is 0.262.